The van der Waals surface area contributed by atoms with Gasteiger partial charge < -0.3 is 4.90 Å². The third kappa shape index (κ3) is 1.54. The van der Waals surface area contributed by atoms with Crippen molar-refractivity contribution in [2.75, 3.05) is 18.0 Å². The Morgan fingerprint density at radius 1 is 0.909 bits per heavy atom. The number of hydrogen-bond acceptors (Lipinski definition) is 1. The maximum atomic E-state index is 2.55. The van der Waals surface area contributed by atoms with Crippen molar-refractivity contribution in [1.82, 2.24) is 0 Å². The summed E-state index contributed by atoms with van der Waals surface area (Å²) in [5.74, 6) is 0. The highest BCUT2D eigenvalue weighted by Gasteiger charge is 2.29. The van der Waals surface area contributed by atoms with Gasteiger partial charge in [0.25, 0.3) is 0 Å². The van der Waals surface area contributed by atoms with Crippen molar-refractivity contribution in [3.63, 3.8) is 0 Å². The second-order valence-corrected chi connectivity index (χ2v) is 6.47. The lowest BCUT2D eigenvalue weighted by atomic mass is 9.97. The molecule has 1 nitrogen and oxygen atoms in total. The summed E-state index contributed by atoms with van der Waals surface area (Å²) in [5, 5.41) is 2.71. The highest BCUT2D eigenvalue weighted by atomic mass is 15.1. The average Bonchev–Trinajstić information content (AvgIpc) is 3.12. The van der Waals surface area contributed by atoms with E-state index in [1.54, 1.807) is 0 Å². The molecule has 0 unspecified atom stereocenters. The van der Waals surface area contributed by atoms with Crippen molar-refractivity contribution >= 4 is 16.5 Å². The van der Waals surface area contributed by atoms with E-state index in [-0.39, 0.29) is 0 Å². The first kappa shape index (κ1) is 12.3. The number of benzene rings is 3. The van der Waals surface area contributed by atoms with Crippen LogP contribution in [0.2, 0.25) is 0 Å². The highest BCUT2D eigenvalue weighted by Crippen LogP contribution is 2.47. The Labute approximate surface area is 131 Å². The average molecular weight is 285 g/mol. The monoisotopic (exact) mass is 285 g/mol. The Hall–Kier alpha value is -2.28. The molecule has 0 amide bonds. The van der Waals surface area contributed by atoms with Gasteiger partial charge in [0.1, 0.15) is 0 Å². The van der Waals surface area contributed by atoms with Crippen LogP contribution in [-0.2, 0) is 12.8 Å². The van der Waals surface area contributed by atoms with Crippen LogP contribution in [0.15, 0.2) is 48.5 Å². The van der Waals surface area contributed by atoms with Crippen molar-refractivity contribution in [3.05, 3.63) is 65.2 Å². The van der Waals surface area contributed by atoms with Crippen molar-refractivity contribution in [1.29, 1.82) is 0 Å². The van der Waals surface area contributed by atoms with Gasteiger partial charge in [-0.25, -0.2) is 0 Å². The minimum Gasteiger partial charge on any atom is -0.371 e. The molecule has 22 heavy (non-hydrogen) atoms. The molecule has 0 N–H and O–H groups in total. The topological polar surface area (TPSA) is 3.24 Å². The van der Waals surface area contributed by atoms with Crippen LogP contribution in [0.5, 0.6) is 0 Å². The van der Waals surface area contributed by atoms with Gasteiger partial charge in [-0.1, -0.05) is 42.5 Å². The number of fused-ring (bicyclic) bond motifs is 6. The molecule has 0 aromatic heterocycles. The van der Waals surface area contributed by atoms with E-state index in [1.807, 2.05) is 0 Å². The summed E-state index contributed by atoms with van der Waals surface area (Å²) in [6.07, 6.45) is 2.28. The second-order valence-electron chi connectivity index (χ2n) is 6.47. The fourth-order valence-electron chi connectivity index (χ4n) is 4.24. The highest BCUT2D eigenvalue weighted by molar-refractivity contribution is 5.96. The van der Waals surface area contributed by atoms with Crippen LogP contribution in [0.1, 0.15) is 23.6 Å². The SMILES string of the molecule is CCN1CCc2ccc3c(c21)-c1cc2ccccc2cc1C3. The van der Waals surface area contributed by atoms with Crippen molar-refractivity contribution in [2.45, 2.75) is 19.8 Å². The Bertz CT molecular complexity index is 907. The number of nitrogens with zero attached hydrogens (tertiary/aromatic N) is 1. The fourth-order valence-corrected chi connectivity index (χ4v) is 4.24. The molecule has 0 fully saturated rings. The lowest BCUT2D eigenvalue weighted by Gasteiger charge is -2.20. The maximum Gasteiger partial charge on any atom is 0.0482 e. The Morgan fingerprint density at radius 2 is 1.68 bits per heavy atom. The molecule has 0 spiro atoms. The summed E-state index contributed by atoms with van der Waals surface area (Å²) in [4.78, 5) is 2.55. The molecular weight excluding hydrogens is 266 g/mol. The van der Waals surface area contributed by atoms with E-state index >= 15 is 0 Å². The molecule has 0 saturated heterocycles. The van der Waals surface area contributed by atoms with Gasteiger partial charge in [-0.15, -0.1) is 0 Å². The molecule has 108 valence electrons. The van der Waals surface area contributed by atoms with Gasteiger partial charge in [-0.05, 0) is 58.9 Å². The van der Waals surface area contributed by atoms with Crippen LogP contribution in [-0.4, -0.2) is 13.1 Å². The van der Waals surface area contributed by atoms with Gasteiger partial charge in [0.15, 0.2) is 0 Å². The van der Waals surface area contributed by atoms with E-state index < -0.39 is 0 Å². The zero-order valence-electron chi connectivity index (χ0n) is 12.9. The zero-order chi connectivity index (χ0) is 14.7. The Morgan fingerprint density at radius 3 is 2.50 bits per heavy atom. The fraction of sp³-hybridized carbons (Fsp3) is 0.238. The van der Waals surface area contributed by atoms with Crippen molar-refractivity contribution in [3.8, 4) is 11.1 Å². The van der Waals surface area contributed by atoms with Gasteiger partial charge in [-0.2, -0.15) is 0 Å². The van der Waals surface area contributed by atoms with E-state index in [2.05, 4.69) is 60.4 Å². The number of anilines is 1. The minimum atomic E-state index is 1.08. The van der Waals surface area contributed by atoms with E-state index in [9.17, 15) is 0 Å². The predicted molar refractivity (Wildman–Crippen MR) is 93.8 cm³/mol. The second kappa shape index (κ2) is 4.36. The van der Waals surface area contributed by atoms with Gasteiger partial charge in [0, 0.05) is 24.3 Å². The van der Waals surface area contributed by atoms with E-state index in [0.29, 0.717) is 0 Å². The molecule has 1 heteroatoms. The van der Waals surface area contributed by atoms with Gasteiger partial charge >= 0.3 is 0 Å². The van der Waals surface area contributed by atoms with Gasteiger partial charge in [0.05, 0.1) is 0 Å². The Balaban J connectivity index is 1.82. The van der Waals surface area contributed by atoms with E-state index in [4.69, 9.17) is 0 Å². The quantitative estimate of drug-likeness (QED) is 0.486. The Kier molecular flexibility index (Phi) is 2.43. The standard InChI is InChI=1S/C21H19N/c1-2-22-10-9-14-7-8-17-12-18-11-15-5-3-4-6-16(15)13-19(18)20(17)21(14)22/h3-8,11,13H,2,9-10,12H2,1H3. The summed E-state index contributed by atoms with van der Waals surface area (Å²) in [7, 11) is 0. The van der Waals surface area contributed by atoms with Gasteiger partial charge in [-0.3, -0.25) is 0 Å². The molecule has 1 aliphatic carbocycles. The molecule has 1 heterocycles. The molecule has 5 rings (SSSR count). The molecule has 1 aliphatic heterocycles. The normalized spacial score (nSPS) is 15.0. The molecule has 3 aromatic rings. The smallest absolute Gasteiger partial charge is 0.0482 e. The summed E-state index contributed by atoms with van der Waals surface area (Å²) in [6.45, 7) is 4.54. The largest absolute Gasteiger partial charge is 0.371 e. The molecule has 2 aliphatic rings. The number of hydrogen-bond donors (Lipinski definition) is 0. The van der Waals surface area contributed by atoms with Crippen LogP contribution in [0, 0.1) is 0 Å². The predicted octanol–water partition coefficient (Wildman–Crippen LogP) is 4.79. The number of likely N-dealkylation sites (N-methyl/N-ethyl adjacent to an activating group) is 1. The third-order valence-electron chi connectivity index (χ3n) is 5.32. The van der Waals surface area contributed by atoms with E-state index in [0.717, 1.165) is 13.0 Å². The van der Waals surface area contributed by atoms with Crippen LogP contribution in [0.25, 0.3) is 21.9 Å². The third-order valence-corrected chi connectivity index (χ3v) is 5.32. The van der Waals surface area contributed by atoms with Crippen molar-refractivity contribution < 1.29 is 0 Å². The first-order chi connectivity index (χ1) is 10.8. The lowest BCUT2D eigenvalue weighted by Crippen LogP contribution is -2.19. The maximum absolute atomic E-state index is 2.55. The van der Waals surface area contributed by atoms with Gasteiger partial charge in [0.2, 0.25) is 0 Å². The van der Waals surface area contributed by atoms with Crippen LogP contribution in [0.4, 0.5) is 5.69 Å². The first-order valence-electron chi connectivity index (χ1n) is 8.27. The van der Waals surface area contributed by atoms with Crippen molar-refractivity contribution in [2.24, 2.45) is 0 Å². The van der Waals surface area contributed by atoms with E-state index in [1.165, 1.54) is 57.2 Å². The first-order valence-corrected chi connectivity index (χ1v) is 8.27. The number of rotatable bonds is 1. The van der Waals surface area contributed by atoms with Crippen LogP contribution in [0.3, 0.4) is 0 Å². The molecule has 3 aromatic carbocycles. The molecule has 0 radical (unpaired) electrons. The summed E-state index contributed by atoms with van der Waals surface area (Å²) in [5.41, 5.74) is 9.01. The summed E-state index contributed by atoms with van der Waals surface area (Å²) >= 11 is 0. The molecule has 0 saturated carbocycles. The zero-order valence-corrected chi connectivity index (χ0v) is 12.9. The lowest BCUT2D eigenvalue weighted by molar-refractivity contribution is 0.869. The summed E-state index contributed by atoms with van der Waals surface area (Å²) < 4.78 is 0. The summed E-state index contributed by atoms with van der Waals surface area (Å²) in [6, 6.07) is 18.2. The van der Waals surface area contributed by atoms with Crippen LogP contribution < -0.4 is 4.90 Å². The minimum absolute atomic E-state index is 1.08. The molecule has 0 atom stereocenters. The van der Waals surface area contributed by atoms with Crippen LogP contribution >= 0.6 is 0 Å². The molecular formula is C21H19N. The molecule has 0 bridgehead atoms.